The Labute approximate surface area is 71.7 Å². The van der Waals surface area contributed by atoms with E-state index in [9.17, 15) is 0 Å². The van der Waals surface area contributed by atoms with Crippen LogP contribution in [0.25, 0.3) is 0 Å². The van der Waals surface area contributed by atoms with Crippen molar-refractivity contribution in [3.05, 3.63) is 12.7 Å². The maximum absolute atomic E-state index is 3.79. The first-order chi connectivity index (χ1) is 5.22. The Morgan fingerprint density at radius 1 is 1.36 bits per heavy atom. The summed E-state index contributed by atoms with van der Waals surface area (Å²) < 4.78 is 0. The maximum Gasteiger partial charge on any atom is -0.0322 e. The SMILES string of the molecule is C=CC[C@@H](CCCC)C(C)C. The molecule has 0 aliphatic carbocycles. The van der Waals surface area contributed by atoms with Crippen LogP contribution in [0.2, 0.25) is 0 Å². The lowest BCUT2D eigenvalue weighted by Gasteiger charge is -2.18. The van der Waals surface area contributed by atoms with Crippen LogP contribution in [0.4, 0.5) is 0 Å². The molecule has 0 nitrogen and oxygen atoms in total. The van der Waals surface area contributed by atoms with Gasteiger partial charge in [0.05, 0.1) is 0 Å². The summed E-state index contributed by atoms with van der Waals surface area (Å²) >= 11 is 0. The predicted octanol–water partition coefficient (Wildman–Crippen LogP) is 4.02. The molecule has 0 saturated heterocycles. The molecule has 0 spiro atoms. The van der Waals surface area contributed by atoms with Crippen molar-refractivity contribution in [2.75, 3.05) is 0 Å². The Balaban J connectivity index is 3.59. The zero-order valence-electron chi connectivity index (χ0n) is 8.27. The van der Waals surface area contributed by atoms with Gasteiger partial charge in [0.25, 0.3) is 0 Å². The normalized spacial score (nSPS) is 13.5. The largest absolute Gasteiger partial charge is 0.103 e. The number of rotatable bonds is 6. The second-order valence-electron chi connectivity index (χ2n) is 3.67. The minimum atomic E-state index is 0.819. The molecule has 0 amide bonds. The lowest BCUT2D eigenvalue weighted by atomic mass is 9.88. The van der Waals surface area contributed by atoms with Gasteiger partial charge < -0.3 is 0 Å². The second-order valence-corrected chi connectivity index (χ2v) is 3.67. The molecule has 0 aromatic carbocycles. The fourth-order valence-corrected chi connectivity index (χ4v) is 1.40. The number of allylic oxidation sites excluding steroid dienone is 1. The number of hydrogen-bond acceptors (Lipinski definition) is 0. The highest BCUT2D eigenvalue weighted by Gasteiger charge is 2.09. The zero-order valence-corrected chi connectivity index (χ0v) is 8.27. The summed E-state index contributed by atoms with van der Waals surface area (Å²) in [7, 11) is 0. The van der Waals surface area contributed by atoms with Gasteiger partial charge in [-0.2, -0.15) is 0 Å². The third kappa shape index (κ3) is 5.06. The monoisotopic (exact) mass is 154 g/mol. The van der Waals surface area contributed by atoms with Crippen LogP contribution in [0.1, 0.15) is 46.5 Å². The van der Waals surface area contributed by atoms with E-state index in [1.54, 1.807) is 0 Å². The molecule has 0 aromatic heterocycles. The Kier molecular flexibility index (Phi) is 6.30. The van der Waals surface area contributed by atoms with Gasteiger partial charge >= 0.3 is 0 Å². The standard InChI is InChI=1S/C11H22/c1-5-7-9-11(8-6-2)10(3)4/h6,10-11H,2,5,7-9H2,1,3-4H3/t11-/m0/s1. The summed E-state index contributed by atoms with van der Waals surface area (Å²) in [6.45, 7) is 10.7. The average Bonchev–Trinajstić information content (AvgIpc) is 1.97. The van der Waals surface area contributed by atoms with Gasteiger partial charge in [-0.05, 0) is 24.7 Å². The van der Waals surface area contributed by atoms with Crippen LogP contribution in [0.15, 0.2) is 12.7 Å². The molecule has 11 heavy (non-hydrogen) atoms. The Morgan fingerprint density at radius 3 is 2.36 bits per heavy atom. The smallest absolute Gasteiger partial charge is 0.0322 e. The Hall–Kier alpha value is -0.260. The summed E-state index contributed by atoms with van der Waals surface area (Å²) in [6.07, 6.45) is 7.31. The fraction of sp³-hybridized carbons (Fsp3) is 0.818. The lowest BCUT2D eigenvalue weighted by molar-refractivity contribution is 0.353. The van der Waals surface area contributed by atoms with Gasteiger partial charge in [-0.1, -0.05) is 39.7 Å². The third-order valence-corrected chi connectivity index (χ3v) is 2.34. The van der Waals surface area contributed by atoms with Crippen LogP contribution in [0.5, 0.6) is 0 Å². The van der Waals surface area contributed by atoms with Crippen molar-refractivity contribution in [2.45, 2.75) is 46.5 Å². The highest BCUT2D eigenvalue weighted by molar-refractivity contribution is 4.74. The summed E-state index contributed by atoms with van der Waals surface area (Å²) in [4.78, 5) is 0. The van der Waals surface area contributed by atoms with Gasteiger partial charge in [-0.15, -0.1) is 6.58 Å². The topological polar surface area (TPSA) is 0 Å². The molecule has 0 bridgehead atoms. The molecular weight excluding hydrogens is 132 g/mol. The van der Waals surface area contributed by atoms with Gasteiger partial charge in [0.15, 0.2) is 0 Å². The second kappa shape index (κ2) is 6.45. The summed E-state index contributed by atoms with van der Waals surface area (Å²) in [5, 5.41) is 0. The highest BCUT2D eigenvalue weighted by Crippen LogP contribution is 2.21. The van der Waals surface area contributed by atoms with E-state index >= 15 is 0 Å². The molecule has 0 rings (SSSR count). The third-order valence-electron chi connectivity index (χ3n) is 2.34. The molecule has 0 unspecified atom stereocenters. The van der Waals surface area contributed by atoms with E-state index in [2.05, 4.69) is 33.4 Å². The van der Waals surface area contributed by atoms with Crippen LogP contribution < -0.4 is 0 Å². The number of hydrogen-bond donors (Lipinski definition) is 0. The minimum Gasteiger partial charge on any atom is -0.103 e. The van der Waals surface area contributed by atoms with Crippen LogP contribution in [-0.4, -0.2) is 0 Å². The van der Waals surface area contributed by atoms with Crippen molar-refractivity contribution in [1.29, 1.82) is 0 Å². The molecule has 0 fully saturated rings. The molecule has 0 aliphatic heterocycles. The van der Waals surface area contributed by atoms with E-state index in [0.29, 0.717) is 0 Å². The molecule has 0 aliphatic rings. The van der Waals surface area contributed by atoms with Crippen molar-refractivity contribution in [2.24, 2.45) is 11.8 Å². The van der Waals surface area contributed by atoms with E-state index in [4.69, 9.17) is 0 Å². The molecule has 0 N–H and O–H groups in total. The maximum atomic E-state index is 3.79. The molecule has 0 aromatic rings. The van der Waals surface area contributed by atoms with Crippen LogP contribution in [0.3, 0.4) is 0 Å². The first kappa shape index (κ1) is 10.7. The molecule has 0 radical (unpaired) electrons. The summed E-state index contributed by atoms with van der Waals surface area (Å²) in [5.74, 6) is 1.69. The fourth-order valence-electron chi connectivity index (χ4n) is 1.40. The molecular formula is C11H22. The molecule has 1 atom stereocenters. The zero-order chi connectivity index (χ0) is 8.69. The quantitative estimate of drug-likeness (QED) is 0.507. The summed E-state index contributed by atoms with van der Waals surface area (Å²) in [5.41, 5.74) is 0. The highest BCUT2D eigenvalue weighted by atomic mass is 14.1. The first-order valence-electron chi connectivity index (χ1n) is 4.83. The van der Waals surface area contributed by atoms with Crippen LogP contribution >= 0.6 is 0 Å². The van der Waals surface area contributed by atoms with Gasteiger partial charge in [0.2, 0.25) is 0 Å². The lowest BCUT2D eigenvalue weighted by Crippen LogP contribution is -2.07. The predicted molar refractivity (Wildman–Crippen MR) is 52.7 cm³/mol. The van der Waals surface area contributed by atoms with Crippen LogP contribution in [0, 0.1) is 11.8 Å². The van der Waals surface area contributed by atoms with Crippen molar-refractivity contribution >= 4 is 0 Å². The Bertz CT molecular complexity index is 92.2. The van der Waals surface area contributed by atoms with Crippen molar-refractivity contribution < 1.29 is 0 Å². The molecule has 0 heteroatoms. The first-order valence-corrected chi connectivity index (χ1v) is 4.83. The summed E-state index contributed by atoms with van der Waals surface area (Å²) in [6, 6.07) is 0. The van der Waals surface area contributed by atoms with Gasteiger partial charge in [0.1, 0.15) is 0 Å². The average molecular weight is 154 g/mol. The van der Waals surface area contributed by atoms with E-state index in [1.165, 1.54) is 25.7 Å². The van der Waals surface area contributed by atoms with E-state index in [1.807, 2.05) is 0 Å². The van der Waals surface area contributed by atoms with Gasteiger partial charge in [-0.3, -0.25) is 0 Å². The van der Waals surface area contributed by atoms with E-state index in [-0.39, 0.29) is 0 Å². The van der Waals surface area contributed by atoms with E-state index in [0.717, 1.165) is 11.8 Å². The Morgan fingerprint density at radius 2 is 2.00 bits per heavy atom. The molecule has 0 heterocycles. The van der Waals surface area contributed by atoms with Crippen molar-refractivity contribution in [1.82, 2.24) is 0 Å². The van der Waals surface area contributed by atoms with Crippen molar-refractivity contribution in [3.8, 4) is 0 Å². The molecule has 66 valence electrons. The van der Waals surface area contributed by atoms with Gasteiger partial charge in [0, 0.05) is 0 Å². The van der Waals surface area contributed by atoms with Crippen LogP contribution in [-0.2, 0) is 0 Å². The van der Waals surface area contributed by atoms with Crippen molar-refractivity contribution in [3.63, 3.8) is 0 Å². The van der Waals surface area contributed by atoms with Gasteiger partial charge in [-0.25, -0.2) is 0 Å². The minimum absolute atomic E-state index is 0.819. The molecule has 0 saturated carbocycles. The van der Waals surface area contributed by atoms with E-state index < -0.39 is 0 Å². The number of unbranched alkanes of at least 4 members (excludes halogenated alkanes) is 1.